The predicted molar refractivity (Wildman–Crippen MR) is 216 cm³/mol. The minimum Gasteiger partial charge on any atom is -0.456 e. The summed E-state index contributed by atoms with van der Waals surface area (Å²) in [5.74, 6) is 0.976. The van der Waals surface area contributed by atoms with E-state index >= 15 is 0 Å². The first-order chi connectivity index (χ1) is 25.5. The van der Waals surface area contributed by atoms with Crippen molar-refractivity contribution in [3.63, 3.8) is 0 Å². The topological polar surface area (TPSA) is 29.5 Å². The van der Waals surface area contributed by atoms with Gasteiger partial charge in [0.15, 0.2) is 0 Å². The highest BCUT2D eigenvalue weighted by atomic mass is 16.3. The van der Waals surface area contributed by atoms with Crippen LogP contribution in [0.2, 0.25) is 0 Å². The van der Waals surface area contributed by atoms with E-state index in [9.17, 15) is 0 Å². The maximum Gasteiger partial charge on any atom is 0.143 e. The normalized spacial score (nSPS) is 14.3. The van der Waals surface area contributed by atoms with Crippen molar-refractivity contribution in [2.24, 2.45) is 0 Å². The number of benzene rings is 7. The van der Waals surface area contributed by atoms with Crippen molar-refractivity contribution < 1.29 is 8.83 Å². The Morgan fingerprint density at radius 3 is 2.23 bits per heavy atom. The van der Waals surface area contributed by atoms with E-state index in [4.69, 9.17) is 8.83 Å². The summed E-state index contributed by atoms with van der Waals surface area (Å²) >= 11 is 0. The molecule has 2 aliphatic carbocycles. The van der Waals surface area contributed by atoms with Gasteiger partial charge in [-0.05, 0) is 94.1 Å². The second-order valence-electron chi connectivity index (χ2n) is 14.8. The lowest BCUT2D eigenvalue weighted by Gasteiger charge is -2.28. The van der Waals surface area contributed by atoms with E-state index in [1.165, 1.54) is 38.6 Å². The van der Waals surface area contributed by atoms with Gasteiger partial charge in [-0.15, -0.1) is 0 Å². The molecule has 0 amide bonds. The van der Waals surface area contributed by atoms with Crippen molar-refractivity contribution in [2.45, 2.75) is 32.1 Å². The number of furan rings is 2. The Balaban J connectivity index is 1.19. The van der Waals surface area contributed by atoms with Gasteiger partial charge in [0.25, 0.3) is 0 Å². The molecule has 0 saturated heterocycles. The molecule has 7 aromatic carbocycles. The van der Waals surface area contributed by atoms with Gasteiger partial charge in [-0.1, -0.05) is 111 Å². The molecule has 2 aliphatic rings. The van der Waals surface area contributed by atoms with E-state index in [2.05, 4.69) is 170 Å². The Bertz CT molecular complexity index is 2940. The van der Waals surface area contributed by atoms with Crippen LogP contribution in [0, 0.1) is 0 Å². The number of anilines is 3. The summed E-state index contributed by atoms with van der Waals surface area (Å²) in [5.41, 5.74) is 14.6. The van der Waals surface area contributed by atoms with Crippen LogP contribution >= 0.6 is 0 Å². The molecule has 2 heterocycles. The van der Waals surface area contributed by atoms with E-state index in [1.54, 1.807) is 0 Å². The van der Waals surface area contributed by atoms with Crippen LogP contribution in [0.3, 0.4) is 0 Å². The van der Waals surface area contributed by atoms with Crippen molar-refractivity contribution >= 4 is 66.8 Å². The molecule has 0 aliphatic heterocycles. The minimum absolute atomic E-state index is 0.136. The van der Waals surface area contributed by atoms with Crippen molar-refractivity contribution in [1.82, 2.24) is 0 Å². The zero-order valence-electron chi connectivity index (χ0n) is 29.1. The van der Waals surface area contributed by atoms with Crippen LogP contribution in [0.25, 0.3) is 72.0 Å². The summed E-state index contributed by atoms with van der Waals surface area (Å²) in [7, 11) is 0. The lowest BCUT2D eigenvalue weighted by atomic mass is 9.82. The predicted octanol–water partition coefficient (Wildman–Crippen LogP) is 13.9. The van der Waals surface area contributed by atoms with Gasteiger partial charge in [-0.25, -0.2) is 0 Å². The summed E-state index contributed by atoms with van der Waals surface area (Å²) in [4.78, 5) is 2.38. The molecule has 11 rings (SSSR count). The van der Waals surface area contributed by atoms with Crippen LogP contribution in [-0.2, 0) is 11.8 Å². The Morgan fingerprint density at radius 2 is 1.31 bits per heavy atom. The molecule has 0 saturated carbocycles. The van der Waals surface area contributed by atoms with Gasteiger partial charge >= 0.3 is 0 Å². The molecule has 52 heavy (non-hydrogen) atoms. The van der Waals surface area contributed by atoms with Gasteiger partial charge in [0, 0.05) is 56.0 Å². The molecule has 0 spiro atoms. The SMILES string of the molecule is CC1(C)c2ccccc2-c2ccc(N(c3ccc4c5c(oc4c3)C=CCC5)c3cc(-c4ccccc4)c4c(c3)oc3c5ccccc5ccc34)cc21. The first kappa shape index (κ1) is 29.4. The van der Waals surface area contributed by atoms with Crippen LogP contribution in [0.4, 0.5) is 17.1 Å². The molecule has 0 bridgehead atoms. The number of fused-ring (bicyclic) bond motifs is 11. The first-order valence-corrected chi connectivity index (χ1v) is 18.2. The second kappa shape index (κ2) is 10.8. The summed E-state index contributed by atoms with van der Waals surface area (Å²) in [6.45, 7) is 4.69. The third-order valence-corrected chi connectivity index (χ3v) is 11.5. The van der Waals surface area contributed by atoms with Gasteiger partial charge < -0.3 is 13.7 Å². The van der Waals surface area contributed by atoms with Gasteiger partial charge in [-0.2, -0.15) is 0 Å². The number of hydrogen-bond donors (Lipinski definition) is 0. The van der Waals surface area contributed by atoms with Crippen molar-refractivity contribution in [3.05, 3.63) is 168 Å². The second-order valence-corrected chi connectivity index (χ2v) is 14.8. The third kappa shape index (κ3) is 4.20. The number of nitrogens with zero attached hydrogens (tertiary/aromatic N) is 1. The molecule has 0 fully saturated rings. The fourth-order valence-corrected chi connectivity index (χ4v) is 8.98. The van der Waals surface area contributed by atoms with E-state index in [1.807, 2.05) is 0 Å². The Labute approximate surface area is 302 Å². The van der Waals surface area contributed by atoms with E-state index in [-0.39, 0.29) is 5.41 Å². The maximum absolute atomic E-state index is 6.91. The molecule has 0 N–H and O–H groups in total. The molecular formula is C49H35NO2. The molecular weight excluding hydrogens is 635 g/mol. The van der Waals surface area contributed by atoms with Gasteiger partial charge in [0.2, 0.25) is 0 Å². The molecule has 0 atom stereocenters. The fraction of sp³-hybridized carbons (Fsp3) is 0.102. The smallest absolute Gasteiger partial charge is 0.143 e. The van der Waals surface area contributed by atoms with Crippen LogP contribution < -0.4 is 4.90 Å². The van der Waals surface area contributed by atoms with Gasteiger partial charge in [0.1, 0.15) is 22.5 Å². The summed E-state index contributed by atoms with van der Waals surface area (Å²) in [6.07, 6.45) is 6.37. The Morgan fingerprint density at radius 1 is 0.558 bits per heavy atom. The molecule has 3 heteroatoms. The van der Waals surface area contributed by atoms with Crippen molar-refractivity contribution in [2.75, 3.05) is 4.90 Å². The molecule has 0 radical (unpaired) electrons. The van der Waals surface area contributed by atoms with Crippen LogP contribution in [0.1, 0.15) is 42.7 Å². The van der Waals surface area contributed by atoms with Crippen molar-refractivity contribution in [3.8, 4) is 22.3 Å². The highest BCUT2D eigenvalue weighted by Gasteiger charge is 2.36. The Kier molecular flexibility index (Phi) is 6.13. The van der Waals surface area contributed by atoms with Gasteiger partial charge in [-0.3, -0.25) is 0 Å². The molecule has 0 unspecified atom stereocenters. The zero-order chi connectivity index (χ0) is 34.6. The molecule has 248 valence electrons. The van der Waals surface area contributed by atoms with Crippen LogP contribution in [0.5, 0.6) is 0 Å². The van der Waals surface area contributed by atoms with Crippen LogP contribution in [-0.4, -0.2) is 0 Å². The maximum atomic E-state index is 6.91. The quantitative estimate of drug-likeness (QED) is 0.187. The highest BCUT2D eigenvalue weighted by Crippen LogP contribution is 2.52. The molecule has 9 aromatic rings. The lowest BCUT2D eigenvalue weighted by Crippen LogP contribution is -2.16. The third-order valence-electron chi connectivity index (χ3n) is 11.5. The lowest BCUT2D eigenvalue weighted by molar-refractivity contribution is 0.595. The largest absolute Gasteiger partial charge is 0.456 e. The highest BCUT2D eigenvalue weighted by molar-refractivity contribution is 6.20. The summed E-state index contributed by atoms with van der Waals surface area (Å²) < 4.78 is 13.4. The first-order valence-electron chi connectivity index (χ1n) is 18.2. The number of hydrogen-bond acceptors (Lipinski definition) is 3. The molecule has 2 aromatic heterocycles. The monoisotopic (exact) mass is 669 g/mol. The van der Waals surface area contributed by atoms with Crippen LogP contribution in [0.15, 0.2) is 154 Å². The summed E-state index contributed by atoms with van der Waals surface area (Å²) in [5, 5.41) is 5.73. The van der Waals surface area contributed by atoms with Crippen molar-refractivity contribution in [1.29, 1.82) is 0 Å². The Hall–Kier alpha value is -6.32. The standard InChI is InChI=1S/C49H35NO2/c1-49(2)42-18-10-8-16-36(42)37-24-21-32(27-43(37)49)50(33-22-25-39-38-17-9-11-19-44(38)51-45(39)28-33)34-26-41(30-12-4-3-5-13-30)47-40-23-20-31-14-6-7-15-35(31)48(40)52-46(47)29-34/h3-8,10-16,18-29H,9,17H2,1-2H3. The average molecular weight is 670 g/mol. The summed E-state index contributed by atoms with van der Waals surface area (Å²) in [6, 6.07) is 50.7. The van der Waals surface area contributed by atoms with Gasteiger partial charge in [0.05, 0.1) is 5.69 Å². The minimum atomic E-state index is -0.136. The average Bonchev–Trinajstić information content (AvgIpc) is 3.83. The number of allylic oxidation sites excluding steroid dienone is 1. The number of rotatable bonds is 4. The zero-order valence-corrected chi connectivity index (χ0v) is 29.1. The fourth-order valence-electron chi connectivity index (χ4n) is 8.98. The van der Waals surface area contributed by atoms with E-state index in [0.29, 0.717) is 0 Å². The molecule has 3 nitrogen and oxygen atoms in total. The van der Waals surface area contributed by atoms with E-state index in [0.717, 1.165) is 79.7 Å². The van der Waals surface area contributed by atoms with E-state index < -0.39 is 0 Å². The number of aryl methyl sites for hydroxylation is 1.